The molecule has 0 aliphatic carbocycles. The van der Waals surface area contributed by atoms with E-state index in [1.807, 2.05) is 49.1 Å². The second-order valence-electron chi connectivity index (χ2n) is 18.7. The van der Waals surface area contributed by atoms with Gasteiger partial charge in [0.25, 0.3) is 0 Å². The molecule has 0 saturated carbocycles. The van der Waals surface area contributed by atoms with Gasteiger partial charge in [-0.3, -0.25) is 0 Å². The minimum atomic E-state index is 0.186. The molecule has 0 amide bonds. The number of aromatic amines is 4. The Kier molecular flexibility index (Phi) is 22.7. The molecule has 0 spiro atoms. The van der Waals surface area contributed by atoms with Crippen LogP contribution in [-0.2, 0) is 60.8 Å². The molecule has 380 valence electrons. The summed E-state index contributed by atoms with van der Waals surface area (Å²) in [6.45, 7) is 0. The molecule has 0 fully saturated rings. The van der Waals surface area contributed by atoms with E-state index in [2.05, 4.69) is 125 Å². The lowest BCUT2D eigenvalue weighted by Crippen LogP contribution is -2.26. The van der Waals surface area contributed by atoms with Crippen LogP contribution in [0.3, 0.4) is 0 Å². The summed E-state index contributed by atoms with van der Waals surface area (Å²) in [6.07, 6.45) is 33.7. The number of benzene rings is 4. The van der Waals surface area contributed by atoms with E-state index in [0.717, 1.165) is 150 Å². The largest absolute Gasteiger partial charge is 0.497 e. The number of aromatic nitrogens is 8. The normalized spacial score (nSPS) is 12.9. The summed E-state index contributed by atoms with van der Waals surface area (Å²) in [6, 6.07) is 38.2. The van der Waals surface area contributed by atoms with Crippen LogP contribution in [0.25, 0.3) is 0 Å². The van der Waals surface area contributed by atoms with Crippen molar-refractivity contribution in [1.82, 2.24) is 39.9 Å². The van der Waals surface area contributed by atoms with Crippen molar-refractivity contribution in [3.05, 3.63) is 204 Å². The van der Waals surface area contributed by atoms with Crippen molar-refractivity contribution in [2.75, 3.05) is 14.2 Å². The average Bonchev–Trinajstić information content (AvgIpc) is 4.30. The van der Waals surface area contributed by atoms with Crippen molar-refractivity contribution in [3.63, 3.8) is 0 Å². The van der Waals surface area contributed by atoms with Crippen molar-refractivity contribution in [1.29, 1.82) is 0 Å². The third kappa shape index (κ3) is 19.8. The summed E-state index contributed by atoms with van der Waals surface area (Å²) in [5.41, 5.74) is 9.74. The predicted octanol–water partition coefficient (Wildman–Crippen LogP) is 12.2. The monoisotopic (exact) mass is 973 g/mol. The van der Waals surface area contributed by atoms with Crippen LogP contribution in [0.15, 0.2) is 159 Å². The van der Waals surface area contributed by atoms with Gasteiger partial charge in [0, 0.05) is 24.8 Å². The van der Waals surface area contributed by atoms with Gasteiger partial charge in [-0.1, -0.05) is 84.9 Å². The number of methoxy groups -OCH3 is 2. The Morgan fingerprint density at radius 3 is 0.972 bits per heavy atom. The lowest BCUT2D eigenvalue weighted by atomic mass is 9.99. The van der Waals surface area contributed by atoms with E-state index >= 15 is 0 Å². The molecule has 0 bridgehead atoms. The van der Waals surface area contributed by atoms with Crippen LogP contribution in [0.5, 0.6) is 11.5 Å². The molecule has 12 nitrogen and oxygen atoms in total. The molecule has 0 radical (unpaired) electrons. The fourth-order valence-electron chi connectivity index (χ4n) is 9.29. The number of aryl methyl sites for hydroxylation is 6. The molecule has 4 aromatic heterocycles. The summed E-state index contributed by atoms with van der Waals surface area (Å²) < 4.78 is 24.4. The summed E-state index contributed by atoms with van der Waals surface area (Å²) >= 11 is 0. The number of hydrogen-bond donors (Lipinski definition) is 4. The topological polar surface area (TPSA) is 152 Å². The molecule has 0 aliphatic rings. The zero-order valence-electron chi connectivity index (χ0n) is 42.5. The van der Waals surface area contributed by atoms with Gasteiger partial charge in [0.05, 0.1) is 86.7 Å². The number of imidazole rings is 4. The van der Waals surface area contributed by atoms with Crippen molar-refractivity contribution in [2.24, 2.45) is 0 Å². The first-order chi connectivity index (χ1) is 35.6. The van der Waals surface area contributed by atoms with Gasteiger partial charge in [-0.2, -0.15) is 0 Å². The third-order valence-corrected chi connectivity index (χ3v) is 13.3. The van der Waals surface area contributed by atoms with Crippen molar-refractivity contribution in [3.8, 4) is 11.5 Å². The first-order valence-electron chi connectivity index (χ1n) is 26.1. The molecule has 72 heavy (non-hydrogen) atoms. The van der Waals surface area contributed by atoms with Crippen molar-refractivity contribution < 1.29 is 18.9 Å². The fraction of sp³-hybridized carbons (Fsp3) is 0.400. The standard InChI is InChI=1S/C32H42N4O3.C28H34N4O/c1-37-29-15-9-25(10-16-29)13-19-31(7-3-5-27-21-33-23-35-27)39-32(8-4-6-28-22-34-24-36-28)20-14-26-11-17-30(38-2)18-12-26;1-3-9-23(10-4-1)17-27(15-7-13-25-19-29-21-31-25)33-28(18-24-11-5-2-6-12-24)16-8-14-26-20-30-22-32-26/h9-12,15-18,21-24,31-32H,3-8,13-14,19-20H2,1-2H3,(H,33,35)(H,34,36);1-6,9-12,19-22,27-28H,7-8,13-18H2,(H,29,31)(H,30,32). The molecule has 4 aromatic carbocycles. The molecule has 0 saturated heterocycles. The van der Waals surface area contributed by atoms with Crippen LogP contribution in [0.4, 0.5) is 0 Å². The number of nitrogens with zero attached hydrogens (tertiary/aromatic N) is 4. The van der Waals surface area contributed by atoms with E-state index in [-0.39, 0.29) is 24.4 Å². The van der Waals surface area contributed by atoms with E-state index in [1.165, 1.54) is 22.3 Å². The predicted molar refractivity (Wildman–Crippen MR) is 286 cm³/mol. The molecular weight excluding hydrogens is 897 g/mol. The van der Waals surface area contributed by atoms with Crippen LogP contribution in [0.1, 0.15) is 109 Å². The number of hydrogen-bond acceptors (Lipinski definition) is 8. The second-order valence-corrected chi connectivity index (χ2v) is 18.7. The highest BCUT2D eigenvalue weighted by Gasteiger charge is 2.20. The third-order valence-electron chi connectivity index (χ3n) is 13.3. The van der Waals surface area contributed by atoms with Gasteiger partial charge in [-0.25, -0.2) is 19.9 Å². The molecule has 4 atom stereocenters. The van der Waals surface area contributed by atoms with Crippen molar-refractivity contribution >= 4 is 0 Å². The first-order valence-corrected chi connectivity index (χ1v) is 26.1. The Labute approximate surface area is 427 Å². The molecule has 0 aliphatic heterocycles. The smallest absolute Gasteiger partial charge is 0.118 e. The van der Waals surface area contributed by atoms with Gasteiger partial charge in [-0.15, -0.1) is 0 Å². The number of rotatable bonds is 32. The molecule has 4 N–H and O–H groups in total. The summed E-state index contributed by atoms with van der Waals surface area (Å²) in [4.78, 5) is 29.8. The first kappa shape index (κ1) is 53.0. The van der Waals surface area contributed by atoms with Crippen LogP contribution in [0.2, 0.25) is 0 Å². The fourth-order valence-corrected chi connectivity index (χ4v) is 9.29. The molecule has 8 aromatic rings. The SMILES string of the molecule is COc1ccc(CCC(CCCc2c[nH]cn2)OC(CCCc2c[nH]cn2)CCc2ccc(OC)cc2)cc1.c1ccc(CC(CCCc2c[nH]cn2)OC(CCCc2c[nH]cn2)Cc2ccccc2)cc1. The van der Waals surface area contributed by atoms with Crippen LogP contribution in [-0.4, -0.2) is 78.5 Å². The van der Waals surface area contributed by atoms with Gasteiger partial charge in [-0.05, 0) is 162 Å². The Balaban J connectivity index is 0.000000214. The Hall–Kier alpha value is -6.76. The zero-order valence-corrected chi connectivity index (χ0v) is 42.5. The number of ether oxygens (including phenoxy) is 4. The van der Waals surface area contributed by atoms with Gasteiger partial charge in [0.15, 0.2) is 0 Å². The molecule has 8 rings (SSSR count). The van der Waals surface area contributed by atoms with Crippen LogP contribution >= 0.6 is 0 Å². The number of nitrogens with one attached hydrogen (secondary N) is 4. The zero-order chi connectivity index (χ0) is 49.7. The van der Waals surface area contributed by atoms with Crippen LogP contribution < -0.4 is 9.47 Å². The van der Waals surface area contributed by atoms with E-state index in [9.17, 15) is 0 Å². The van der Waals surface area contributed by atoms with E-state index < -0.39 is 0 Å². The van der Waals surface area contributed by atoms with E-state index in [0.29, 0.717) is 0 Å². The van der Waals surface area contributed by atoms with Gasteiger partial charge in [0.2, 0.25) is 0 Å². The second kappa shape index (κ2) is 30.9. The Morgan fingerprint density at radius 2 is 0.667 bits per heavy atom. The highest BCUT2D eigenvalue weighted by Crippen LogP contribution is 2.24. The minimum Gasteiger partial charge on any atom is -0.497 e. The van der Waals surface area contributed by atoms with Crippen LogP contribution in [0, 0.1) is 0 Å². The van der Waals surface area contributed by atoms with E-state index in [4.69, 9.17) is 18.9 Å². The highest BCUT2D eigenvalue weighted by molar-refractivity contribution is 5.28. The lowest BCUT2D eigenvalue weighted by Gasteiger charge is -2.26. The Morgan fingerprint density at radius 1 is 0.347 bits per heavy atom. The maximum atomic E-state index is 6.92. The average molecular weight is 973 g/mol. The van der Waals surface area contributed by atoms with Gasteiger partial charge < -0.3 is 38.9 Å². The molecule has 12 heteroatoms. The maximum absolute atomic E-state index is 6.92. The minimum absolute atomic E-state index is 0.186. The highest BCUT2D eigenvalue weighted by atomic mass is 16.5. The Bertz CT molecular complexity index is 2340. The van der Waals surface area contributed by atoms with E-state index in [1.54, 1.807) is 39.5 Å². The van der Waals surface area contributed by atoms with Crippen molar-refractivity contribution in [2.45, 2.75) is 140 Å². The summed E-state index contributed by atoms with van der Waals surface area (Å²) in [5.74, 6) is 1.78. The summed E-state index contributed by atoms with van der Waals surface area (Å²) in [5, 5.41) is 0. The molecule has 4 heterocycles. The molecular formula is C60H76N8O4. The lowest BCUT2D eigenvalue weighted by molar-refractivity contribution is -0.0294. The molecule has 4 unspecified atom stereocenters. The maximum Gasteiger partial charge on any atom is 0.118 e. The van der Waals surface area contributed by atoms with Gasteiger partial charge in [0.1, 0.15) is 11.5 Å². The number of H-pyrrole nitrogens is 4. The summed E-state index contributed by atoms with van der Waals surface area (Å²) in [7, 11) is 3.41. The van der Waals surface area contributed by atoms with Gasteiger partial charge >= 0.3 is 0 Å². The quantitative estimate of drug-likeness (QED) is 0.0326.